The largest absolute Gasteiger partial charge is 0.349 e. The third-order valence-electron chi connectivity index (χ3n) is 3.59. The lowest BCUT2D eigenvalue weighted by atomic mass is 10.1. The van der Waals surface area contributed by atoms with Crippen LogP contribution >= 0.6 is 23.2 Å². The zero-order chi connectivity index (χ0) is 14.7. The summed E-state index contributed by atoms with van der Waals surface area (Å²) in [4.78, 5) is 22.6. The zero-order valence-electron chi connectivity index (χ0n) is 10.6. The fraction of sp³-hybridized carbons (Fsp3) is 0.462. The van der Waals surface area contributed by atoms with Gasteiger partial charge in [-0.1, -0.05) is 24.1 Å². The highest BCUT2D eigenvalue weighted by molar-refractivity contribution is 6.34. The summed E-state index contributed by atoms with van der Waals surface area (Å²) in [6.07, 6.45) is 2.79. The van der Waals surface area contributed by atoms with Crippen LogP contribution in [0.3, 0.4) is 0 Å². The molecule has 1 N–H and O–H groups in total. The number of hydrogen-bond acceptors (Lipinski definition) is 3. The minimum Gasteiger partial charge on any atom is -0.349 e. The van der Waals surface area contributed by atoms with Crippen molar-refractivity contribution in [2.75, 3.05) is 5.88 Å². The first-order chi connectivity index (χ1) is 9.54. The lowest BCUT2D eigenvalue weighted by Gasteiger charge is -2.19. The molecule has 0 heterocycles. The van der Waals surface area contributed by atoms with Gasteiger partial charge < -0.3 is 5.32 Å². The molecule has 0 spiro atoms. The standard InChI is InChI=1S/C13H14Cl2N2O3/c14-7-8-3-1-5-10(8)16-13(18)12-9(15)4-2-6-11(12)17(19)20/h2,4,6,8,10H,1,3,5,7H2,(H,16,18). The van der Waals surface area contributed by atoms with E-state index in [9.17, 15) is 14.9 Å². The van der Waals surface area contributed by atoms with Crippen LogP contribution < -0.4 is 5.32 Å². The van der Waals surface area contributed by atoms with Gasteiger partial charge in [-0.3, -0.25) is 14.9 Å². The number of carbonyl (C=O) groups excluding carboxylic acids is 1. The molecule has 0 aromatic heterocycles. The number of nitro benzene ring substituents is 1. The van der Waals surface area contributed by atoms with Gasteiger partial charge in [0.1, 0.15) is 5.56 Å². The molecule has 2 rings (SSSR count). The number of benzene rings is 1. The Kier molecular flexibility index (Phi) is 4.83. The fourth-order valence-corrected chi connectivity index (χ4v) is 3.17. The molecule has 1 aliphatic rings. The van der Waals surface area contributed by atoms with Crippen molar-refractivity contribution in [2.24, 2.45) is 5.92 Å². The topological polar surface area (TPSA) is 72.2 Å². The molecule has 1 aromatic rings. The summed E-state index contributed by atoms with van der Waals surface area (Å²) in [5.74, 6) is 0.168. The molecule has 0 aliphatic heterocycles. The van der Waals surface area contributed by atoms with Gasteiger partial charge in [0, 0.05) is 18.0 Å². The van der Waals surface area contributed by atoms with E-state index in [4.69, 9.17) is 23.2 Å². The van der Waals surface area contributed by atoms with Gasteiger partial charge in [0.05, 0.1) is 9.95 Å². The lowest BCUT2D eigenvalue weighted by Crippen LogP contribution is -2.38. The van der Waals surface area contributed by atoms with Gasteiger partial charge in [-0.2, -0.15) is 0 Å². The maximum atomic E-state index is 12.3. The van der Waals surface area contributed by atoms with Crippen molar-refractivity contribution in [3.63, 3.8) is 0 Å². The third kappa shape index (κ3) is 3.04. The first kappa shape index (κ1) is 15.1. The van der Waals surface area contributed by atoms with E-state index >= 15 is 0 Å². The van der Waals surface area contributed by atoms with Crippen LogP contribution in [0.5, 0.6) is 0 Å². The van der Waals surface area contributed by atoms with Crippen LogP contribution in [0.4, 0.5) is 5.69 Å². The highest BCUT2D eigenvalue weighted by atomic mass is 35.5. The van der Waals surface area contributed by atoms with Crippen molar-refractivity contribution >= 4 is 34.8 Å². The van der Waals surface area contributed by atoms with E-state index in [2.05, 4.69) is 5.32 Å². The molecule has 108 valence electrons. The number of halogens is 2. The molecule has 1 saturated carbocycles. The first-order valence-corrected chi connectivity index (χ1v) is 7.25. The molecule has 0 bridgehead atoms. The van der Waals surface area contributed by atoms with Crippen molar-refractivity contribution in [3.8, 4) is 0 Å². The van der Waals surface area contributed by atoms with Crippen LogP contribution in [0, 0.1) is 16.0 Å². The summed E-state index contributed by atoms with van der Waals surface area (Å²) in [7, 11) is 0. The van der Waals surface area contributed by atoms with Crippen LogP contribution in [-0.2, 0) is 0 Å². The average molecular weight is 317 g/mol. The Morgan fingerprint density at radius 3 is 2.85 bits per heavy atom. The van der Waals surface area contributed by atoms with Gasteiger partial charge >= 0.3 is 0 Å². The molecule has 5 nitrogen and oxygen atoms in total. The van der Waals surface area contributed by atoms with Crippen LogP contribution in [0.1, 0.15) is 29.6 Å². The summed E-state index contributed by atoms with van der Waals surface area (Å²) in [6, 6.07) is 4.15. The molecule has 1 aliphatic carbocycles. The van der Waals surface area contributed by atoms with E-state index in [1.54, 1.807) is 0 Å². The number of rotatable bonds is 4. The van der Waals surface area contributed by atoms with Crippen molar-refractivity contribution in [3.05, 3.63) is 38.9 Å². The number of alkyl halides is 1. The maximum absolute atomic E-state index is 12.3. The quantitative estimate of drug-likeness (QED) is 0.525. The summed E-state index contributed by atoms with van der Waals surface area (Å²) >= 11 is 11.8. The Labute approximate surface area is 126 Å². The number of nitrogens with zero attached hydrogens (tertiary/aromatic N) is 1. The molecule has 1 amide bonds. The van der Waals surface area contributed by atoms with E-state index < -0.39 is 10.8 Å². The van der Waals surface area contributed by atoms with Crippen molar-refractivity contribution in [2.45, 2.75) is 25.3 Å². The van der Waals surface area contributed by atoms with Crippen LogP contribution in [-0.4, -0.2) is 22.8 Å². The molecule has 1 fully saturated rings. The van der Waals surface area contributed by atoms with E-state index in [0.717, 1.165) is 19.3 Å². The number of nitrogens with one attached hydrogen (secondary N) is 1. The van der Waals surface area contributed by atoms with Crippen LogP contribution in [0.25, 0.3) is 0 Å². The van der Waals surface area contributed by atoms with Crippen molar-refractivity contribution in [1.29, 1.82) is 0 Å². The number of nitro groups is 1. The monoisotopic (exact) mass is 316 g/mol. The predicted molar refractivity (Wildman–Crippen MR) is 77.4 cm³/mol. The first-order valence-electron chi connectivity index (χ1n) is 6.34. The fourth-order valence-electron chi connectivity index (χ4n) is 2.54. The molecule has 2 atom stereocenters. The third-order valence-corrected chi connectivity index (χ3v) is 4.30. The van der Waals surface area contributed by atoms with E-state index in [1.165, 1.54) is 18.2 Å². The highest BCUT2D eigenvalue weighted by Crippen LogP contribution is 2.29. The Hall–Kier alpha value is -1.33. The van der Waals surface area contributed by atoms with Gasteiger partial charge in [-0.05, 0) is 24.8 Å². The van der Waals surface area contributed by atoms with Gasteiger partial charge in [-0.25, -0.2) is 0 Å². The smallest absolute Gasteiger partial charge is 0.283 e. The van der Waals surface area contributed by atoms with E-state index in [1.807, 2.05) is 0 Å². The highest BCUT2D eigenvalue weighted by Gasteiger charge is 2.31. The molecule has 0 saturated heterocycles. The van der Waals surface area contributed by atoms with E-state index in [0.29, 0.717) is 5.88 Å². The molecule has 2 unspecified atom stereocenters. The predicted octanol–water partition coefficient (Wildman–Crippen LogP) is 3.39. The Balaban J connectivity index is 2.23. The molecule has 20 heavy (non-hydrogen) atoms. The van der Waals surface area contributed by atoms with Gasteiger partial charge in [0.25, 0.3) is 11.6 Å². The second-order valence-corrected chi connectivity index (χ2v) is 5.53. The minimum atomic E-state index is -0.603. The zero-order valence-corrected chi connectivity index (χ0v) is 12.2. The summed E-state index contributed by atoms with van der Waals surface area (Å²) in [5, 5.41) is 13.9. The second-order valence-electron chi connectivity index (χ2n) is 4.82. The van der Waals surface area contributed by atoms with E-state index in [-0.39, 0.29) is 28.2 Å². The summed E-state index contributed by atoms with van der Waals surface area (Å²) < 4.78 is 0. The average Bonchev–Trinajstić information content (AvgIpc) is 2.85. The molecule has 0 radical (unpaired) electrons. The van der Waals surface area contributed by atoms with Crippen LogP contribution in [0.15, 0.2) is 18.2 Å². The summed E-state index contributed by atoms with van der Waals surface area (Å²) in [6.45, 7) is 0. The van der Waals surface area contributed by atoms with Crippen molar-refractivity contribution in [1.82, 2.24) is 5.32 Å². The van der Waals surface area contributed by atoms with Crippen molar-refractivity contribution < 1.29 is 9.72 Å². The summed E-state index contributed by atoms with van der Waals surface area (Å²) in [5.41, 5.74) is -0.366. The minimum absolute atomic E-state index is 0.0455. The molecular weight excluding hydrogens is 303 g/mol. The SMILES string of the molecule is O=C(NC1CCCC1CCl)c1c(Cl)cccc1[N+](=O)[O-]. The molecule has 1 aromatic carbocycles. The Bertz CT molecular complexity index is 536. The second kappa shape index (κ2) is 6.41. The van der Waals surface area contributed by atoms with Gasteiger partial charge in [0.15, 0.2) is 0 Å². The Morgan fingerprint density at radius 1 is 1.45 bits per heavy atom. The molecular formula is C13H14Cl2N2O3. The number of hydrogen-bond donors (Lipinski definition) is 1. The lowest BCUT2D eigenvalue weighted by molar-refractivity contribution is -0.385. The normalized spacial score (nSPS) is 21.7. The van der Waals surface area contributed by atoms with Gasteiger partial charge in [0.2, 0.25) is 0 Å². The maximum Gasteiger partial charge on any atom is 0.283 e. The number of carbonyl (C=O) groups is 1. The van der Waals surface area contributed by atoms with Gasteiger partial charge in [-0.15, -0.1) is 11.6 Å². The van der Waals surface area contributed by atoms with Crippen LogP contribution in [0.2, 0.25) is 5.02 Å². The number of amides is 1. The Morgan fingerprint density at radius 2 is 2.20 bits per heavy atom. The molecule has 7 heteroatoms.